The Kier molecular flexibility index (Phi) is 6.46. The van der Waals surface area contributed by atoms with E-state index in [0.717, 1.165) is 11.0 Å². The second-order valence-corrected chi connectivity index (χ2v) is 6.13. The Morgan fingerprint density at radius 3 is 2.56 bits per heavy atom. The Labute approximate surface area is 147 Å². The molecule has 4 nitrogen and oxygen atoms in total. The largest absolute Gasteiger partial charge is 0.332 e. The first-order valence-corrected chi connectivity index (χ1v) is 8.09. The van der Waals surface area contributed by atoms with E-state index >= 15 is 0 Å². The maximum absolute atomic E-state index is 13.1. The normalized spacial score (nSPS) is 10.6. The van der Waals surface area contributed by atoms with Crippen molar-refractivity contribution in [2.24, 2.45) is 0 Å². The molecule has 0 bridgehead atoms. The zero-order valence-corrected chi connectivity index (χ0v) is 14.0. The second-order valence-electron chi connectivity index (χ2n) is 5.09. The lowest BCUT2D eigenvalue weighted by atomic mass is 10.2. The number of benzene rings is 2. The Balaban J connectivity index is 2.04. The summed E-state index contributed by atoms with van der Waals surface area (Å²) in [5.41, 5.74) is 0.355. The molecule has 0 unspecified atom stereocenters. The summed E-state index contributed by atoms with van der Waals surface area (Å²) < 4.78 is 38.3. The van der Waals surface area contributed by atoms with Crippen LogP contribution in [0, 0.1) is 5.82 Å². The molecule has 0 saturated heterocycles. The number of nitrogens with zero attached hydrogens (tertiary/aromatic N) is 1. The number of nitrogens with one attached hydrogen (secondary N) is 1. The van der Waals surface area contributed by atoms with E-state index in [2.05, 4.69) is 5.32 Å². The fraction of sp³-hybridized carbons (Fsp3) is 0.176. The highest BCUT2D eigenvalue weighted by Gasteiger charge is 2.20. The Morgan fingerprint density at radius 1 is 1.16 bits per heavy atom. The van der Waals surface area contributed by atoms with Gasteiger partial charge >= 0.3 is 0 Å². The van der Waals surface area contributed by atoms with Crippen molar-refractivity contribution in [2.45, 2.75) is 10.7 Å². The molecule has 2 amide bonds. The minimum absolute atomic E-state index is 0.0915. The molecular weight excluding hydrogens is 353 g/mol. The SMILES string of the molecule is CN(CC(=O)Nc1cccc(F)c1)C(=O)c1ccccc1SC(F)F. The minimum atomic E-state index is -2.66. The van der Waals surface area contributed by atoms with Crippen molar-refractivity contribution in [1.82, 2.24) is 4.90 Å². The fourth-order valence-corrected chi connectivity index (χ4v) is 2.73. The molecule has 2 rings (SSSR count). The molecule has 2 aromatic rings. The average molecular weight is 368 g/mol. The predicted octanol–water partition coefficient (Wildman–Crippen LogP) is 3.85. The highest BCUT2D eigenvalue weighted by atomic mass is 32.2. The summed E-state index contributed by atoms with van der Waals surface area (Å²) in [6.45, 7) is -0.303. The van der Waals surface area contributed by atoms with Crippen LogP contribution in [0.4, 0.5) is 18.9 Å². The number of rotatable bonds is 6. The van der Waals surface area contributed by atoms with Crippen molar-refractivity contribution in [3.8, 4) is 0 Å². The average Bonchev–Trinajstić information content (AvgIpc) is 2.54. The van der Waals surface area contributed by atoms with Gasteiger partial charge in [0.2, 0.25) is 5.91 Å². The summed E-state index contributed by atoms with van der Waals surface area (Å²) in [5.74, 6) is -4.24. The number of hydrogen-bond donors (Lipinski definition) is 1. The van der Waals surface area contributed by atoms with E-state index in [0.29, 0.717) is 0 Å². The van der Waals surface area contributed by atoms with Crippen LogP contribution in [0.3, 0.4) is 0 Å². The second kappa shape index (κ2) is 8.57. The van der Waals surface area contributed by atoms with E-state index in [9.17, 15) is 22.8 Å². The fourth-order valence-electron chi connectivity index (χ4n) is 2.10. The van der Waals surface area contributed by atoms with Gasteiger partial charge in [0.1, 0.15) is 5.82 Å². The number of likely N-dealkylation sites (N-methyl/N-ethyl adjacent to an activating group) is 1. The molecule has 0 radical (unpaired) electrons. The van der Waals surface area contributed by atoms with E-state index in [1.807, 2.05) is 0 Å². The van der Waals surface area contributed by atoms with Gasteiger partial charge in [-0.2, -0.15) is 8.78 Å². The van der Waals surface area contributed by atoms with E-state index in [1.54, 1.807) is 12.1 Å². The van der Waals surface area contributed by atoms with Gasteiger partial charge in [0.05, 0.1) is 12.1 Å². The number of carbonyl (C=O) groups excluding carboxylic acids is 2. The van der Waals surface area contributed by atoms with Crippen LogP contribution in [0.1, 0.15) is 10.4 Å². The maximum Gasteiger partial charge on any atom is 0.288 e. The maximum atomic E-state index is 13.1. The van der Waals surface area contributed by atoms with Crippen molar-refractivity contribution < 1.29 is 22.8 Å². The van der Waals surface area contributed by atoms with Gasteiger partial charge in [-0.25, -0.2) is 4.39 Å². The summed E-state index contributed by atoms with van der Waals surface area (Å²) in [6, 6.07) is 11.3. The Morgan fingerprint density at radius 2 is 1.88 bits per heavy atom. The Hall–Kier alpha value is -2.48. The first-order chi connectivity index (χ1) is 11.9. The van der Waals surface area contributed by atoms with Gasteiger partial charge in [-0.1, -0.05) is 30.0 Å². The van der Waals surface area contributed by atoms with Crippen LogP contribution in [0.5, 0.6) is 0 Å². The lowest BCUT2D eigenvalue weighted by Gasteiger charge is -2.18. The van der Waals surface area contributed by atoms with Crippen LogP contribution >= 0.6 is 11.8 Å². The molecule has 1 N–H and O–H groups in total. The number of amides is 2. The molecule has 132 valence electrons. The first kappa shape index (κ1) is 18.9. The lowest BCUT2D eigenvalue weighted by molar-refractivity contribution is -0.116. The van der Waals surface area contributed by atoms with E-state index < -0.39 is 23.4 Å². The molecule has 2 aromatic carbocycles. The number of thioether (sulfide) groups is 1. The molecule has 25 heavy (non-hydrogen) atoms. The van der Waals surface area contributed by atoms with Crippen molar-refractivity contribution >= 4 is 29.3 Å². The highest BCUT2D eigenvalue weighted by molar-refractivity contribution is 7.99. The number of hydrogen-bond acceptors (Lipinski definition) is 3. The molecule has 0 aromatic heterocycles. The van der Waals surface area contributed by atoms with E-state index in [-0.39, 0.29) is 34.5 Å². The van der Waals surface area contributed by atoms with E-state index in [4.69, 9.17) is 0 Å². The summed E-state index contributed by atoms with van der Waals surface area (Å²) in [5, 5.41) is 2.47. The molecule has 0 fully saturated rings. The first-order valence-electron chi connectivity index (χ1n) is 7.21. The lowest BCUT2D eigenvalue weighted by Crippen LogP contribution is -2.35. The predicted molar refractivity (Wildman–Crippen MR) is 90.3 cm³/mol. The van der Waals surface area contributed by atoms with Crippen LogP contribution in [-0.2, 0) is 4.79 Å². The molecule has 0 saturated carbocycles. The molecule has 8 heteroatoms. The standard InChI is InChI=1S/C17H15F3N2O2S/c1-22(10-15(23)21-12-6-4-5-11(18)9-12)16(24)13-7-2-3-8-14(13)25-17(19)20/h2-9,17H,10H2,1H3,(H,21,23). The molecule has 0 aliphatic heterocycles. The zero-order chi connectivity index (χ0) is 18.4. The third-order valence-electron chi connectivity index (χ3n) is 3.17. The van der Waals surface area contributed by atoms with E-state index in [1.165, 1.54) is 37.4 Å². The third-order valence-corrected chi connectivity index (χ3v) is 3.96. The van der Waals surface area contributed by atoms with Crippen LogP contribution in [0.2, 0.25) is 0 Å². The van der Waals surface area contributed by atoms with Gasteiger partial charge in [-0.15, -0.1) is 0 Å². The van der Waals surface area contributed by atoms with Gasteiger partial charge in [-0.3, -0.25) is 9.59 Å². The molecule has 0 spiro atoms. The zero-order valence-electron chi connectivity index (χ0n) is 13.2. The van der Waals surface area contributed by atoms with Gasteiger partial charge in [-0.05, 0) is 30.3 Å². The van der Waals surface area contributed by atoms with Crippen molar-refractivity contribution in [2.75, 3.05) is 18.9 Å². The van der Waals surface area contributed by atoms with Gasteiger partial charge in [0, 0.05) is 17.6 Å². The van der Waals surface area contributed by atoms with Gasteiger partial charge < -0.3 is 10.2 Å². The summed E-state index contributed by atoms with van der Waals surface area (Å²) in [6.07, 6.45) is 0. The van der Waals surface area contributed by atoms with Crippen LogP contribution in [0.25, 0.3) is 0 Å². The van der Waals surface area contributed by atoms with Crippen molar-refractivity contribution in [3.63, 3.8) is 0 Å². The molecule has 0 atom stereocenters. The summed E-state index contributed by atoms with van der Waals surface area (Å²) >= 11 is 0.271. The van der Waals surface area contributed by atoms with Gasteiger partial charge in [0.15, 0.2) is 0 Å². The molecule has 0 heterocycles. The number of carbonyl (C=O) groups is 2. The number of halogens is 3. The molecule has 0 aliphatic rings. The number of anilines is 1. The molecule has 0 aliphatic carbocycles. The topological polar surface area (TPSA) is 49.4 Å². The van der Waals surface area contributed by atoms with Crippen LogP contribution in [0.15, 0.2) is 53.4 Å². The van der Waals surface area contributed by atoms with Crippen LogP contribution < -0.4 is 5.32 Å². The van der Waals surface area contributed by atoms with Crippen LogP contribution in [-0.4, -0.2) is 36.1 Å². The quantitative estimate of drug-likeness (QED) is 0.788. The van der Waals surface area contributed by atoms with Crippen molar-refractivity contribution in [3.05, 3.63) is 59.9 Å². The monoisotopic (exact) mass is 368 g/mol. The summed E-state index contributed by atoms with van der Waals surface area (Å²) in [7, 11) is 1.39. The smallest absolute Gasteiger partial charge is 0.288 e. The molecular formula is C17H15F3N2O2S. The highest BCUT2D eigenvalue weighted by Crippen LogP contribution is 2.28. The third kappa shape index (κ3) is 5.53. The van der Waals surface area contributed by atoms with Crippen molar-refractivity contribution in [1.29, 1.82) is 0 Å². The summed E-state index contributed by atoms with van der Waals surface area (Å²) in [4.78, 5) is 25.6. The minimum Gasteiger partial charge on any atom is -0.332 e. The Bertz CT molecular complexity index is 771. The van der Waals surface area contributed by atoms with Gasteiger partial charge in [0.25, 0.3) is 11.7 Å². The number of alkyl halides is 2.